The molecule has 0 unspecified atom stereocenters. The van der Waals surface area contributed by atoms with Crippen molar-refractivity contribution in [2.45, 2.75) is 36.9 Å². The Kier molecular flexibility index (Phi) is 4.12. The summed E-state index contributed by atoms with van der Waals surface area (Å²) in [5.41, 5.74) is 1.01. The number of aromatic nitrogens is 2. The normalized spacial score (nSPS) is 15.7. The van der Waals surface area contributed by atoms with E-state index in [0.29, 0.717) is 13.1 Å². The van der Waals surface area contributed by atoms with Crippen LogP contribution in [0.25, 0.3) is 0 Å². The van der Waals surface area contributed by atoms with E-state index >= 15 is 0 Å². The highest BCUT2D eigenvalue weighted by molar-refractivity contribution is 7.89. The monoisotopic (exact) mass is 327 g/mol. The summed E-state index contributed by atoms with van der Waals surface area (Å²) in [5, 5.41) is 16.8. The number of sulfonamides is 1. The minimum Gasteiger partial charge on any atom is -0.394 e. The number of rotatable bonds is 7. The fourth-order valence-electron chi connectivity index (χ4n) is 2.17. The van der Waals surface area contributed by atoms with Crippen molar-refractivity contribution in [3.05, 3.63) is 34.8 Å². The molecule has 0 aliphatic heterocycles. The molecule has 0 atom stereocenters. The van der Waals surface area contributed by atoms with Gasteiger partial charge in [0.15, 0.2) is 0 Å². The van der Waals surface area contributed by atoms with Crippen molar-refractivity contribution in [1.29, 1.82) is 0 Å². The van der Waals surface area contributed by atoms with Crippen LogP contribution in [0.1, 0.15) is 18.4 Å². The maximum absolute atomic E-state index is 12.8. The quantitative estimate of drug-likeness (QED) is 0.831. The Morgan fingerprint density at radius 1 is 1.48 bits per heavy atom. The summed E-state index contributed by atoms with van der Waals surface area (Å²) in [5.74, 6) is 0. The van der Waals surface area contributed by atoms with Crippen molar-refractivity contribution in [1.82, 2.24) is 14.1 Å². The molecule has 0 saturated heterocycles. The molecule has 8 heteroatoms. The zero-order chi connectivity index (χ0) is 14.9. The first kappa shape index (κ1) is 14.7. The van der Waals surface area contributed by atoms with E-state index in [1.807, 2.05) is 16.8 Å². The largest absolute Gasteiger partial charge is 0.394 e. The van der Waals surface area contributed by atoms with Gasteiger partial charge in [0, 0.05) is 18.8 Å². The number of hydrogen-bond donors (Lipinski definition) is 1. The van der Waals surface area contributed by atoms with Gasteiger partial charge in [0.05, 0.1) is 19.3 Å². The average molecular weight is 327 g/mol. The van der Waals surface area contributed by atoms with Gasteiger partial charge in [-0.1, -0.05) is 0 Å². The summed E-state index contributed by atoms with van der Waals surface area (Å²) in [4.78, 5) is 0.193. The lowest BCUT2D eigenvalue weighted by Crippen LogP contribution is -2.32. The van der Waals surface area contributed by atoms with Gasteiger partial charge in [0.25, 0.3) is 0 Å². The Morgan fingerprint density at radius 2 is 2.29 bits per heavy atom. The predicted octanol–water partition coefficient (Wildman–Crippen LogP) is 1.29. The van der Waals surface area contributed by atoms with Gasteiger partial charge in [-0.25, -0.2) is 8.42 Å². The van der Waals surface area contributed by atoms with Gasteiger partial charge in [-0.15, -0.1) is 0 Å². The maximum atomic E-state index is 12.8. The standard InChI is InChI=1S/C13H17N3O3S2/c17-5-4-15-9-13(7-14-15)21(18,19)16(12-1-2-12)8-11-3-6-20-10-11/h3,6-7,9-10,12,17H,1-2,4-5,8H2. The molecule has 2 heterocycles. The van der Waals surface area contributed by atoms with Crippen LogP contribution >= 0.6 is 11.3 Å². The summed E-state index contributed by atoms with van der Waals surface area (Å²) >= 11 is 1.57. The lowest BCUT2D eigenvalue weighted by atomic mass is 10.3. The average Bonchev–Trinajstić information content (AvgIpc) is 2.96. The van der Waals surface area contributed by atoms with E-state index in [4.69, 9.17) is 5.11 Å². The minimum absolute atomic E-state index is 0.0671. The third-order valence-electron chi connectivity index (χ3n) is 3.42. The molecule has 1 aliphatic rings. The third kappa shape index (κ3) is 3.18. The molecule has 1 N–H and O–H groups in total. The van der Waals surface area contributed by atoms with Crippen LogP contribution < -0.4 is 0 Å². The molecular formula is C13H17N3O3S2. The summed E-state index contributed by atoms with van der Waals surface area (Å²) < 4.78 is 28.6. The van der Waals surface area contributed by atoms with Gasteiger partial charge in [0.2, 0.25) is 10.0 Å². The number of thiophene rings is 1. The van der Waals surface area contributed by atoms with Crippen molar-refractivity contribution in [3.8, 4) is 0 Å². The molecule has 2 aromatic rings. The third-order valence-corrected chi connectivity index (χ3v) is 6.00. The first-order chi connectivity index (χ1) is 10.1. The molecule has 0 amide bonds. The molecule has 3 rings (SSSR count). The molecular weight excluding hydrogens is 310 g/mol. The molecule has 1 saturated carbocycles. The van der Waals surface area contributed by atoms with Crippen LogP contribution in [0.15, 0.2) is 34.1 Å². The SMILES string of the molecule is O=S(=O)(c1cnn(CCO)c1)N(Cc1ccsc1)C1CC1. The second kappa shape index (κ2) is 5.88. The Balaban J connectivity index is 1.85. The van der Waals surface area contributed by atoms with Crippen LogP contribution in [0.2, 0.25) is 0 Å². The highest BCUT2D eigenvalue weighted by atomic mass is 32.2. The first-order valence-electron chi connectivity index (χ1n) is 6.77. The number of hydrogen-bond acceptors (Lipinski definition) is 5. The smallest absolute Gasteiger partial charge is 0.246 e. The Labute approximate surface area is 127 Å². The Morgan fingerprint density at radius 3 is 2.90 bits per heavy atom. The van der Waals surface area contributed by atoms with Gasteiger partial charge in [-0.3, -0.25) is 4.68 Å². The van der Waals surface area contributed by atoms with Crippen LogP contribution in [0.5, 0.6) is 0 Å². The van der Waals surface area contributed by atoms with Crippen LogP contribution in [-0.2, 0) is 23.1 Å². The molecule has 21 heavy (non-hydrogen) atoms. The summed E-state index contributed by atoms with van der Waals surface area (Å²) in [6.07, 6.45) is 4.66. The highest BCUT2D eigenvalue weighted by Gasteiger charge is 2.38. The maximum Gasteiger partial charge on any atom is 0.246 e. The van der Waals surface area contributed by atoms with Gasteiger partial charge in [-0.2, -0.15) is 20.7 Å². The highest BCUT2D eigenvalue weighted by Crippen LogP contribution is 2.33. The zero-order valence-corrected chi connectivity index (χ0v) is 13.1. The van der Waals surface area contributed by atoms with E-state index in [1.165, 1.54) is 17.1 Å². The van der Waals surface area contributed by atoms with Crippen molar-refractivity contribution in [3.63, 3.8) is 0 Å². The van der Waals surface area contributed by atoms with E-state index in [-0.39, 0.29) is 17.5 Å². The number of aliphatic hydroxyl groups is 1. The van der Waals surface area contributed by atoms with Crippen molar-refractivity contribution in [2.24, 2.45) is 0 Å². The summed E-state index contributed by atoms with van der Waals surface area (Å²) in [6.45, 7) is 0.633. The lowest BCUT2D eigenvalue weighted by molar-refractivity contribution is 0.269. The van der Waals surface area contributed by atoms with E-state index < -0.39 is 10.0 Å². The summed E-state index contributed by atoms with van der Waals surface area (Å²) in [6, 6.07) is 2.04. The molecule has 114 valence electrons. The minimum atomic E-state index is -3.54. The lowest BCUT2D eigenvalue weighted by Gasteiger charge is -2.20. The van der Waals surface area contributed by atoms with Crippen LogP contribution in [0, 0.1) is 0 Å². The molecule has 0 radical (unpaired) electrons. The predicted molar refractivity (Wildman–Crippen MR) is 79.4 cm³/mol. The first-order valence-corrected chi connectivity index (χ1v) is 9.16. The van der Waals surface area contributed by atoms with Crippen LogP contribution in [0.3, 0.4) is 0 Å². The van der Waals surface area contributed by atoms with Crippen LogP contribution in [0.4, 0.5) is 0 Å². The van der Waals surface area contributed by atoms with Gasteiger partial charge < -0.3 is 5.11 Å². The summed E-state index contributed by atoms with van der Waals surface area (Å²) in [7, 11) is -3.54. The molecule has 0 aromatic carbocycles. The molecule has 6 nitrogen and oxygen atoms in total. The fraction of sp³-hybridized carbons (Fsp3) is 0.462. The number of aliphatic hydroxyl groups excluding tert-OH is 1. The molecule has 1 aliphatic carbocycles. The van der Waals surface area contributed by atoms with E-state index in [1.54, 1.807) is 15.6 Å². The fourth-order valence-corrected chi connectivity index (χ4v) is 4.46. The van der Waals surface area contributed by atoms with Crippen molar-refractivity contribution >= 4 is 21.4 Å². The molecule has 0 bridgehead atoms. The topological polar surface area (TPSA) is 75.4 Å². The molecule has 1 fully saturated rings. The molecule has 2 aromatic heterocycles. The Bertz CT molecular complexity index is 690. The second-order valence-corrected chi connectivity index (χ2v) is 7.75. The van der Waals surface area contributed by atoms with Crippen molar-refractivity contribution < 1.29 is 13.5 Å². The van der Waals surface area contributed by atoms with E-state index in [9.17, 15) is 8.42 Å². The van der Waals surface area contributed by atoms with Crippen molar-refractivity contribution in [2.75, 3.05) is 6.61 Å². The van der Waals surface area contributed by atoms with Gasteiger partial charge >= 0.3 is 0 Å². The second-order valence-electron chi connectivity index (χ2n) is 5.08. The zero-order valence-electron chi connectivity index (χ0n) is 11.4. The Hall–Kier alpha value is -1.22. The van der Waals surface area contributed by atoms with Gasteiger partial charge in [0.1, 0.15) is 4.90 Å². The van der Waals surface area contributed by atoms with Gasteiger partial charge in [-0.05, 0) is 35.2 Å². The van der Waals surface area contributed by atoms with E-state index in [2.05, 4.69) is 5.10 Å². The number of nitrogens with zero attached hydrogens (tertiary/aromatic N) is 3. The molecule has 0 spiro atoms. The van der Waals surface area contributed by atoms with Crippen LogP contribution in [-0.4, -0.2) is 40.3 Å². The van der Waals surface area contributed by atoms with E-state index in [0.717, 1.165) is 18.4 Å².